The average molecular weight is 539 g/mol. The van der Waals surface area contributed by atoms with Crippen LogP contribution in [0.4, 0.5) is 0 Å². The van der Waals surface area contributed by atoms with E-state index in [-0.39, 0.29) is 35.6 Å². The first-order valence-electron chi connectivity index (χ1n) is 13.9. The number of esters is 1. The standard InChI is InChI=1S/C30H38N2O5S/c1-3-20(2)22(19-33)32-26-28(35)31(18-21-12-7-6-8-13-21)16-11-15-30(26)25(27(32)34)24-23(38-30)14-9-4-5-10-17-37-29(24)36/h6-9,11-15,20,22-26,33H,3-5,10,16-19H2,1-2H3/b14-9-/t20-,22-,23-,24+,25-,26?,30-/m0/s1. The van der Waals surface area contributed by atoms with Crippen LogP contribution in [0.3, 0.4) is 0 Å². The van der Waals surface area contributed by atoms with E-state index in [9.17, 15) is 19.5 Å². The summed E-state index contributed by atoms with van der Waals surface area (Å²) in [7, 11) is 0. The molecule has 1 N–H and O–H groups in total. The van der Waals surface area contributed by atoms with Crippen molar-refractivity contribution in [3.05, 3.63) is 60.2 Å². The SMILES string of the molecule is CC[C@H](C)[C@H](CO)N1C(=O)[C@@H]2[C@@H]3C(=O)OCCCC/C=C\[C@@H]3S[C@@]23C=CCN(Cc2ccccc2)C(=O)C13. The number of amides is 2. The van der Waals surface area contributed by atoms with E-state index in [1.165, 1.54) is 0 Å². The molecule has 4 aliphatic rings. The lowest BCUT2D eigenvalue weighted by atomic mass is 9.78. The number of aliphatic hydroxyl groups excluding tert-OH is 1. The van der Waals surface area contributed by atoms with Crippen molar-refractivity contribution >= 4 is 29.5 Å². The number of cyclic esters (lactones) is 1. The Labute approximate surface area is 229 Å². The van der Waals surface area contributed by atoms with Crippen molar-refractivity contribution < 1.29 is 24.2 Å². The predicted molar refractivity (Wildman–Crippen MR) is 147 cm³/mol. The van der Waals surface area contributed by atoms with Gasteiger partial charge in [0.15, 0.2) is 0 Å². The number of carbonyl (C=O) groups excluding carboxylic acids is 3. The zero-order valence-electron chi connectivity index (χ0n) is 22.2. The molecule has 7 atom stereocenters. The highest BCUT2D eigenvalue weighted by Crippen LogP contribution is 2.61. The molecule has 1 aromatic carbocycles. The van der Waals surface area contributed by atoms with Crippen molar-refractivity contribution in [1.29, 1.82) is 0 Å². The summed E-state index contributed by atoms with van der Waals surface area (Å²) in [6, 6.07) is 8.51. The molecule has 2 amide bonds. The van der Waals surface area contributed by atoms with Gasteiger partial charge in [0, 0.05) is 18.3 Å². The number of aliphatic hydroxyl groups is 1. The number of thioether (sulfide) groups is 1. The van der Waals surface area contributed by atoms with Crippen molar-refractivity contribution in [3.8, 4) is 0 Å². The Balaban J connectivity index is 1.61. The third-order valence-corrected chi connectivity index (χ3v) is 10.4. The number of hydrogen-bond acceptors (Lipinski definition) is 6. The summed E-state index contributed by atoms with van der Waals surface area (Å²) in [5, 5.41) is 10.2. The summed E-state index contributed by atoms with van der Waals surface area (Å²) < 4.78 is 4.78. The van der Waals surface area contributed by atoms with Crippen LogP contribution in [0.25, 0.3) is 0 Å². The van der Waals surface area contributed by atoms with E-state index < -0.39 is 28.7 Å². The molecule has 4 heterocycles. The molecule has 4 aliphatic heterocycles. The quantitative estimate of drug-likeness (QED) is 0.440. The topological polar surface area (TPSA) is 87.2 Å². The first kappa shape index (κ1) is 27.0. The lowest BCUT2D eigenvalue weighted by Crippen LogP contribution is -2.57. The number of ether oxygens (including phenoxy) is 1. The summed E-state index contributed by atoms with van der Waals surface area (Å²) in [5.74, 6) is -2.14. The van der Waals surface area contributed by atoms with Gasteiger partial charge in [0.05, 0.1) is 35.8 Å². The Morgan fingerprint density at radius 3 is 2.66 bits per heavy atom. The van der Waals surface area contributed by atoms with E-state index in [2.05, 4.69) is 6.08 Å². The van der Waals surface area contributed by atoms with E-state index in [1.807, 2.05) is 62.4 Å². The molecule has 2 fully saturated rings. The fraction of sp³-hybridized carbons (Fsp3) is 0.567. The molecular weight excluding hydrogens is 500 g/mol. The van der Waals surface area contributed by atoms with Gasteiger partial charge in [-0.05, 0) is 30.7 Å². The molecule has 0 saturated carbocycles. The van der Waals surface area contributed by atoms with E-state index >= 15 is 0 Å². The molecule has 0 bridgehead atoms. The van der Waals surface area contributed by atoms with Crippen LogP contribution in [0.15, 0.2) is 54.6 Å². The second-order valence-corrected chi connectivity index (χ2v) is 12.4. The molecule has 1 unspecified atom stereocenters. The highest BCUT2D eigenvalue weighted by Gasteiger charge is 2.71. The van der Waals surface area contributed by atoms with Gasteiger partial charge in [-0.3, -0.25) is 14.4 Å². The fourth-order valence-corrected chi connectivity index (χ4v) is 8.51. The van der Waals surface area contributed by atoms with Crippen LogP contribution in [-0.4, -0.2) is 74.5 Å². The predicted octanol–water partition coefficient (Wildman–Crippen LogP) is 3.57. The van der Waals surface area contributed by atoms with E-state index in [1.54, 1.807) is 21.6 Å². The molecule has 38 heavy (non-hydrogen) atoms. The van der Waals surface area contributed by atoms with E-state index in [0.717, 1.165) is 31.2 Å². The van der Waals surface area contributed by atoms with Gasteiger partial charge in [0.2, 0.25) is 11.8 Å². The summed E-state index contributed by atoms with van der Waals surface area (Å²) in [6.45, 7) is 4.98. The minimum Gasteiger partial charge on any atom is -0.465 e. The van der Waals surface area contributed by atoms with Gasteiger partial charge in [-0.25, -0.2) is 0 Å². The largest absolute Gasteiger partial charge is 0.465 e. The Hall–Kier alpha value is -2.58. The van der Waals surface area contributed by atoms with Crippen LogP contribution in [0.1, 0.15) is 45.1 Å². The Morgan fingerprint density at radius 2 is 1.92 bits per heavy atom. The van der Waals surface area contributed by atoms with Crippen LogP contribution < -0.4 is 0 Å². The van der Waals surface area contributed by atoms with Crippen molar-refractivity contribution in [2.45, 2.75) is 68.2 Å². The molecule has 204 valence electrons. The molecular formula is C30H38N2O5S. The maximum Gasteiger partial charge on any atom is 0.311 e. The highest BCUT2D eigenvalue weighted by molar-refractivity contribution is 8.02. The number of likely N-dealkylation sites (tertiary alicyclic amines) is 1. The fourth-order valence-electron chi connectivity index (χ4n) is 6.52. The Morgan fingerprint density at radius 1 is 1.13 bits per heavy atom. The van der Waals surface area contributed by atoms with Gasteiger partial charge < -0.3 is 19.6 Å². The number of rotatable bonds is 6. The zero-order valence-corrected chi connectivity index (χ0v) is 23.0. The molecule has 7 nitrogen and oxygen atoms in total. The van der Waals surface area contributed by atoms with Gasteiger partial charge in [-0.1, -0.05) is 74.9 Å². The summed E-state index contributed by atoms with van der Waals surface area (Å²) in [5.41, 5.74) is 1.01. The van der Waals surface area contributed by atoms with Crippen molar-refractivity contribution in [1.82, 2.24) is 9.80 Å². The molecule has 1 aromatic rings. The third-order valence-electron chi connectivity index (χ3n) is 8.68. The molecule has 1 spiro atoms. The monoisotopic (exact) mass is 538 g/mol. The Bertz CT molecular complexity index is 1110. The molecule has 0 aromatic heterocycles. The first-order valence-corrected chi connectivity index (χ1v) is 14.8. The molecule has 2 saturated heterocycles. The number of hydrogen-bond donors (Lipinski definition) is 1. The zero-order chi connectivity index (χ0) is 26.9. The van der Waals surface area contributed by atoms with Gasteiger partial charge in [-0.15, -0.1) is 11.8 Å². The van der Waals surface area contributed by atoms with Crippen LogP contribution in [0.5, 0.6) is 0 Å². The number of benzene rings is 1. The lowest BCUT2D eigenvalue weighted by Gasteiger charge is -2.40. The molecule has 8 heteroatoms. The highest BCUT2D eigenvalue weighted by atomic mass is 32.2. The molecule has 5 rings (SSSR count). The van der Waals surface area contributed by atoms with Crippen LogP contribution in [0, 0.1) is 17.8 Å². The minimum absolute atomic E-state index is 0.0147. The minimum atomic E-state index is -0.909. The maximum absolute atomic E-state index is 14.5. The first-order chi connectivity index (χ1) is 18.4. The number of nitrogens with zero attached hydrogens (tertiary/aromatic N) is 2. The van der Waals surface area contributed by atoms with E-state index in [0.29, 0.717) is 19.7 Å². The van der Waals surface area contributed by atoms with Gasteiger partial charge >= 0.3 is 5.97 Å². The second-order valence-electron chi connectivity index (χ2n) is 10.9. The second kappa shape index (κ2) is 11.3. The van der Waals surface area contributed by atoms with Crippen LogP contribution in [-0.2, 0) is 25.7 Å². The number of carbonyl (C=O) groups is 3. The summed E-state index contributed by atoms with van der Waals surface area (Å²) in [4.78, 5) is 45.8. The summed E-state index contributed by atoms with van der Waals surface area (Å²) >= 11 is 1.55. The van der Waals surface area contributed by atoms with Crippen LogP contribution >= 0.6 is 11.8 Å². The smallest absolute Gasteiger partial charge is 0.311 e. The Kier molecular flexibility index (Phi) is 8.00. The van der Waals surface area contributed by atoms with E-state index in [4.69, 9.17) is 4.74 Å². The summed E-state index contributed by atoms with van der Waals surface area (Å²) in [6.07, 6.45) is 11.5. The van der Waals surface area contributed by atoms with Gasteiger partial charge in [-0.2, -0.15) is 0 Å². The van der Waals surface area contributed by atoms with Crippen molar-refractivity contribution in [2.24, 2.45) is 17.8 Å². The van der Waals surface area contributed by atoms with Gasteiger partial charge in [0.1, 0.15) is 6.04 Å². The third kappa shape index (κ3) is 4.60. The molecule has 0 aliphatic carbocycles. The lowest BCUT2D eigenvalue weighted by molar-refractivity contribution is -0.154. The molecule has 0 radical (unpaired) electrons. The number of allylic oxidation sites excluding steroid dienone is 1. The van der Waals surface area contributed by atoms with Gasteiger partial charge in [0.25, 0.3) is 0 Å². The normalized spacial score (nSPS) is 33.6. The van der Waals surface area contributed by atoms with Crippen LogP contribution in [0.2, 0.25) is 0 Å². The maximum atomic E-state index is 14.5. The number of fused-ring (bicyclic) bond motifs is 2. The van der Waals surface area contributed by atoms with Crippen molar-refractivity contribution in [2.75, 3.05) is 19.8 Å². The van der Waals surface area contributed by atoms with Crippen molar-refractivity contribution in [3.63, 3.8) is 0 Å². The average Bonchev–Trinajstić information content (AvgIpc) is 3.32.